The Morgan fingerprint density at radius 3 is 2.43 bits per heavy atom. The van der Waals surface area contributed by atoms with E-state index in [0.717, 1.165) is 10.6 Å². The Balaban J connectivity index is 2.33. The predicted octanol–water partition coefficient (Wildman–Crippen LogP) is 3.95. The van der Waals surface area contributed by atoms with Crippen LogP contribution in [0.15, 0.2) is 41.3 Å². The predicted molar refractivity (Wildman–Crippen MR) is 91.8 cm³/mol. The summed E-state index contributed by atoms with van der Waals surface area (Å²) in [5.74, 6) is 0.806. The van der Waals surface area contributed by atoms with Crippen LogP contribution in [0.4, 0.5) is 11.4 Å². The number of para-hydroxylation sites is 1. The summed E-state index contributed by atoms with van der Waals surface area (Å²) in [5.41, 5.74) is 1.46. The molecule has 7 heteroatoms. The van der Waals surface area contributed by atoms with Gasteiger partial charge in [-0.3, -0.25) is 10.1 Å². The van der Waals surface area contributed by atoms with Crippen molar-refractivity contribution in [3.05, 3.63) is 52.1 Å². The van der Waals surface area contributed by atoms with E-state index in [4.69, 9.17) is 9.47 Å². The average Bonchev–Trinajstić information content (AvgIpc) is 2.59. The summed E-state index contributed by atoms with van der Waals surface area (Å²) in [6, 6.07) is 10.8. The number of methoxy groups -OCH3 is 2. The van der Waals surface area contributed by atoms with Crippen LogP contribution in [0.5, 0.6) is 11.5 Å². The van der Waals surface area contributed by atoms with Gasteiger partial charge in [-0.2, -0.15) is 0 Å². The largest absolute Gasteiger partial charge is 0.493 e. The lowest BCUT2D eigenvalue weighted by atomic mass is 10.1. The van der Waals surface area contributed by atoms with E-state index in [1.165, 1.54) is 20.3 Å². The highest BCUT2D eigenvalue weighted by atomic mass is 32.2. The second kappa shape index (κ2) is 7.73. The lowest BCUT2D eigenvalue weighted by Gasteiger charge is -2.13. The molecule has 2 rings (SSSR count). The number of nitro groups is 1. The molecule has 0 unspecified atom stereocenters. The van der Waals surface area contributed by atoms with E-state index in [9.17, 15) is 10.1 Å². The van der Waals surface area contributed by atoms with Gasteiger partial charge < -0.3 is 14.8 Å². The summed E-state index contributed by atoms with van der Waals surface area (Å²) < 4.78 is 10.4. The molecule has 23 heavy (non-hydrogen) atoms. The Bertz CT molecular complexity index is 706. The molecule has 0 bridgehead atoms. The van der Waals surface area contributed by atoms with E-state index in [1.54, 1.807) is 17.8 Å². The van der Waals surface area contributed by atoms with Gasteiger partial charge in [0.2, 0.25) is 0 Å². The van der Waals surface area contributed by atoms with Crippen molar-refractivity contribution < 1.29 is 14.4 Å². The van der Waals surface area contributed by atoms with Crippen LogP contribution in [0.3, 0.4) is 0 Å². The maximum atomic E-state index is 11.3. The minimum Gasteiger partial charge on any atom is -0.493 e. The van der Waals surface area contributed by atoms with Crippen molar-refractivity contribution in [2.45, 2.75) is 11.4 Å². The number of nitrogens with zero attached hydrogens (tertiary/aromatic N) is 1. The maximum absolute atomic E-state index is 11.3. The fourth-order valence-electron chi connectivity index (χ4n) is 2.20. The van der Waals surface area contributed by atoms with Crippen LogP contribution in [-0.2, 0) is 6.54 Å². The molecule has 0 aliphatic carbocycles. The Hall–Kier alpha value is -2.41. The highest BCUT2D eigenvalue weighted by Crippen LogP contribution is 2.35. The molecule has 0 heterocycles. The van der Waals surface area contributed by atoms with E-state index in [1.807, 2.05) is 30.5 Å². The molecule has 0 amide bonds. The zero-order valence-electron chi connectivity index (χ0n) is 13.2. The first-order valence-electron chi connectivity index (χ1n) is 6.87. The van der Waals surface area contributed by atoms with Crippen LogP contribution in [0.2, 0.25) is 0 Å². The summed E-state index contributed by atoms with van der Waals surface area (Å²) in [6.07, 6.45) is 1.99. The smallest absolute Gasteiger partial charge is 0.278 e. The number of nitrogens with one attached hydrogen (secondary N) is 1. The minimum atomic E-state index is -0.417. The van der Waals surface area contributed by atoms with Crippen LogP contribution in [0.25, 0.3) is 0 Å². The zero-order chi connectivity index (χ0) is 16.8. The lowest BCUT2D eigenvalue weighted by molar-refractivity contribution is -0.385. The van der Waals surface area contributed by atoms with Crippen molar-refractivity contribution in [3.63, 3.8) is 0 Å². The van der Waals surface area contributed by atoms with Gasteiger partial charge >= 0.3 is 0 Å². The number of hydrogen-bond acceptors (Lipinski definition) is 6. The van der Waals surface area contributed by atoms with E-state index in [0.29, 0.717) is 23.6 Å². The van der Waals surface area contributed by atoms with Crippen LogP contribution >= 0.6 is 11.8 Å². The SMILES string of the molecule is COc1cc(CNc2ccccc2SC)c([N+](=O)[O-])cc1OC. The molecule has 0 spiro atoms. The molecule has 2 aromatic carbocycles. The fraction of sp³-hybridized carbons (Fsp3) is 0.250. The molecule has 0 aliphatic heterocycles. The number of rotatable bonds is 7. The normalized spacial score (nSPS) is 10.2. The van der Waals surface area contributed by atoms with Gasteiger partial charge in [-0.05, 0) is 24.5 Å². The Labute approximate surface area is 139 Å². The maximum Gasteiger partial charge on any atom is 0.278 e. The summed E-state index contributed by atoms with van der Waals surface area (Å²) in [4.78, 5) is 12.0. The third kappa shape index (κ3) is 3.87. The van der Waals surface area contributed by atoms with Crippen LogP contribution < -0.4 is 14.8 Å². The molecule has 6 nitrogen and oxygen atoms in total. The van der Waals surface area contributed by atoms with Gasteiger partial charge in [0, 0.05) is 17.1 Å². The van der Waals surface area contributed by atoms with Crippen molar-refractivity contribution in [1.29, 1.82) is 0 Å². The van der Waals surface area contributed by atoms with Crippen LogP contribution in [-0.4, -0.2) is 25.4 Å². The van der Waals surface area contributed by atoms with Gasteiger partial charge in [-0.1, -0.05) is 12.1 Å². The van der Waals surface area contributed by atoms with Gasteiger partial charge in [-0.25, -0.2) is 0 Å². The molecule has 0 saturated carbocycles. The van der Waals surface area contributed by atoms with Gasteiger partial charge in [0.15, 0.2) is 11.5 Å². The van der Waals surface area contributed by atoms with E-state index in [2.05, 4.69) is 5.32 Å². The Morgan fingerprint density at radius 2 is 1.83 bits per heavy atom. The number of anilines is 1. The highest BCUT2D eigenvalue weighted by molar-refractivity contribution is 7.98. The second-order valence-electron chi connectivity index (χ2n) is 4.65. The zero-order valence-corrected chi connectivity index (χ0v) is 14.0. The fourth-order valence-corrected chi connectivity index (χ4v) is 2.78. The van der Waals surface area contributed by atoms with Crippen molar-refractivity contribution in [2.24, 2.45) is 0 Å². The summed E-state index contributed by atoms with van der Waals surface area (Å²) in [7, 11) is 2.96. The molecular weight excluding hydrogens is 316 g/mol. The van der Waals surface area contributed by atoms with Gasteiger partial charge in [0.25, 0.3) is 5.69 Å². The Kier molecular flexibility index (Phi) is 5.70. The molecule has 0 fully saturated rings. The van der Waals surface area contributed by atoms with Crippen molar-refractivity contribution >= 4 is 23.1 Å². The third-order valence-electron chi connectivity index (χ3n) is 3.36. The number of ether oxygens (including phenoxy) is 2. The summed E-state index contributed by atoms with van der Waals surface area (Å²) >= 11 is 1.61. The lowest BCUT2D eigenvalue weighted by Crippen LogP contribution is -2.05. The molecular formula is C16H18N2O4S. The minimum absolute atomic E-state index is 0.00298. The molecule has 0 radical (unpaired) electrons. The van der Waals surface area contributed by atoms with Gasteiger partial charge in [0.1, 0.15) is 0 Å². The molecule has 122 valence electrons. The van der Waals surface area contributed by atoms with Crippen molar-refractivity contribution in [1.82, 2.24) is 0 Å². The monoisotopic (exact) mass is 334 g/mol. The number of nitro benzene ring substituents is 1. The van der Waals surface area contributed by atoms with Crippen LogP contribution in [0.1, 0.15) is 5.56 Å². The van der Waals surface area contributed by atoms with E-state index < -0.39 is 4.92 Å². The Morgan fingerprint density at radius 1 is 1.17 bits per heavy atom. The second-order valence-corrected chi connectivity index (χ2v) is 5.49. The molecule has 0 saturated heterocycles. The first-order chi connectivity index (χ1) is 11.1. The number of benzene rings is 2. The summed E-state index contributed by atoms with van der Waals surface area (Å²) in [5, 5.41) is 14.5. The topological polar surface area (TPSA) is 73.6 Å². The first kappa shape index (κ1) is 17.0. The molecule has 0 aliphatic rings. The first-order valence-corrected chi connectivity index (χ1v) is 8.09. The van der Waals surface area contributed by atoms with E-state index in [-0.39, 0.29) is 5.69 Å². The van der Waals surface area contributed by atoms with Gasteiger partial charge in [0.05, 0.1) is 30.8 Å². The van der Waals surface area contributed by atoms with E-state index >= 15 is 0 Å². The average molecular weight is 334 g/mol. The number of thioether (sulfide) groups is 1. The van der Waals surface area contributed by atoms with Crippen molar-refractivity contribution in [2.75, 3.05) is 25.8 Å². The molecule has 2 aromatic rings. The molecule has 0 aromatic heterocycles. The quantitative estimate of drug-likeness (QED) is 0.469. The van der Waals surface area contributed by atoms with Crippen molar-refractivity contribution in [3.8, 4) is 11.5 Å². The summed E-state index contributed by atoms with van der Waals surface area (Å²) in [6.45, 7) is 0.314. The standard InChI is InChI=1S/C16H18N2O4S/c1-21-14-8-11(13(18(19)20)9-15(14)22-2)10-17-12-6-4-5-7-16(12)23-3/h4-9,17H,10H2,1-3H3. The number of hydrogen-bond donors (Lipinski definition) is 1. The molecule has 1 N–H and O–H groups in total. The molecule has 0 atom stereocenters. The third-order valence-corrected chi connectivity index (χ3v) is 4.15. The van der Waals surface area contributed by atoms with Gasteiger partial charge in [-0.15, -0.1) is 11.8 Å². The van der Waals surface area contributed by atoms with Crippen LogP contribution in [0, 0.1) is 10.1 Å². The highest BCUT2D eigenvalue weighted by Gasteiger charge is 2.19.